The smallest absolute Gasteiger partial charge is 0.245 e. The Labute approximate surface area is 104 Å². The molecule has 0 saturated heterocycles. The second-order valence-corrected chi connectivity index (χ2v) is 7.70. The van der Waals surface area contributed by atoms with E-state index in [0.29, 0.717) is 0 Å². The van der Waals surface area contributed by atoms with Crippen LogP contribution in [-0.4, -0.2) is 13.1 Å². The van der Waals surface area contributed by atoms with Crippen molar-refractivity contribution in [2.75, 3.05) is 0 Å². The van der Waals surface area contributed by atoms with E-state index in [2.05, 4.69) is 31.7 Å². The van der Waals surface area contributed by atoms with Crippen LogP contribution in [0, 0.1) is 0 Å². The molecule has 1 N–H and O–H groups in total. The average molecular weight is 242 g/mol. The van der Waals surface area contributed by atoms with Gasteiger partial charge < -0.3 is 4.80 Å². The van der Waals surface area contributed by atoms with Gasteiger partial charge in [-0.25, -0.2) is 0 Å². The highest BCUT2D eigenvalue weighted by atomic mass is 28.4. The van der Waals surface area contributed by atoms with Gasteiger partial charge in [0.2, 0.25) is 8.32 Å². The maximum absolute atomic E-state index is 10.8. The van der Waals surface area contributed by atoms with Gasteiger partial charge in [0.25, 0.3) is 0 Å². The summed E-state index contributed by atoms with van der Waals surface area (Å²) in [5, 5.41) is 3.44. The molecule has 2 heteroatoms. The SMILES string of the molecule is C=C[Si](O)(CCC)c1cccc2ccccc12. The molecule has 88 valence electrons. The van der Waals surface area contributed by atoms with Crippen LogP contribution in [0.3, 0.4) is 0 Å². The Kier molecular flexibility index (Phi) is 3.45. The van der Waals surface area contributed by atoms with Gasteiger partial charge in [-0.2, -0.15) is 0 Å². The molecule has 0 fully saturated rings. The van der Waals surface area contributed by atoms with E-state index in [9.17, 15) is 4.80 Å². The van der Waals surface area contributed by atoms with Gasteiger partial charge in [0.15, 0.2) is 0 Å². The third-order valence-corrected chi connectivity index (χ3v) is 6.53. The lowest BCUT2D eigenvalue weighted by molar-refractivity contribution is 0.561. The molecule has 1 atom stereocenters. The molecule has 0 aromatic heterocycles. The van der Waals surface area contributed by atoms with Gasteiger partial charge in [-0.1, -0.05) is 61.5 Å². The van der Waals surface area contributed by atoms with Gasteiger partial charge in [-0.15, -0.1) is 6.58 Å². The number of hydrogen-bond acceptors (Lipinski definition) is 1. The molecule has 0 aliphatic rings. The Morgan fingerprint density at radius 2 is 1.88 bits per heavy atom. The summed E-state index contributed by atoms with van der Waals surface area (Å²) >= 11 is 0. The van der Waals surface area contributed by atoms with Crippen molar-refractivity contribution in [1.82, 2.24) is 0 Å². The summed E-state index contributed by atoms with van der Waals surface area (Å²) in [6.07, 6.45) is 0.984. The fourth-order valence-corrected chi connectivity index (χ4v) is 4.87. The Hall–Kier alpha value is -1.38. The minimum atomic E-state index is -2.50. The lowest BCUT2D eigenvalue weighted by atomic mass is 10.1. The van der Waals surface area contributed by atoms with E-state index in [1.165, 1.54) is 5.39 Å². The van der Waals surface area contributed by atoms with E-state index >= 15 is 0 Å². The van der Waals surface area contributed by atoms with Crippen LogP contribution < -0.4 is 5.19 Å². The summed E-state index contributed by atoms with van der Waals surface area (Å²) in [5.74, 6) is 0. The van der Waals surface area contributed by atoms with Crippen molar-refractivity contribution in [3.63, 3.8) is 0 Å². The standard InChI is InChI=1S/C15H18OSi/c1-3-12-17(16,4-2)15-11-7-9-13-8-5-6-10-14(13)15/h4-11,16H,2-3,12H2,1H3. The molecule has 0 amide bonds. The predicted molar refractivity (Wildman–Crippen MR) is 76.8 cm³/mol. The highest BCUT2D eigenvalue weighted by molar-refractivity contribution is 6.91. The van der Waals surface area contributed by atoms with E-state index < -0.39 is 8.32 Å². The van der Waals surface area contributed by atoms with Gasteiger partial charge in [0, 0.05) is 0 Å². The van der Waals surface area contributed by atoms with Gasteiger partial charge in [-0.05, 0) is 22.0 Å². The summed E-state index contributed by atoms with van der Waals surface area (Å²) in [5.41, 5.74) is 1.79. The molecule has 0 heterocycles. The maximum Gasteiger partial charge on any atom is 0.245 e. The second-order valence-electron chi connectivity index (χ2n) is 4.41. The van der Waals surface area contributed by atoms with E-state index in [1.54, 1.807) is 5.70 Å². The summed E-state index contributed by atoms with van der Waals surface area (Å²) in [6.45, 7) is 5.95. The van der Waals surface area contributed by atoms with Crippen LogP contribution in [0.4, 0.5) is 0 Å². The minimum absolute atomic E-state index is 0.838. The van der Waals surface area contributed by atoms with Crippen LogP contribution in [0.2, 0.25) is 6.04 Å². The average Bonchev–Trinajstić information content (AvgIpc) is 2.38. The van der Waals surface area contributed by atoms with Crippen molar-refractivity contribution in [2.24, 2.45) is 0 Å². The maximum atomic E-state index is 10.8. The number of benzene rings is 2. The van der Waals surface area contributed by atoms with Gasteiger partial charge >= 0.3 is 0 Å². The first-order valence-electron chi connectivity index (χ1n) is 6.05. The predicted octanol–water partition coefficient (Wildman–Crippen LogP) is 3.12. The van der Waals surface area contributed by atoms with Crippen LogP contribution in [0.25, 0.3) is 10.8 Å². The minimum Gasteiger partial charge on any atom is -0.424 e. The Morgan fingerprint density at radius 1 is 1.18 bits per heavy atom. The van der Waals surface area contributed by atoms with Crippen molar-refractivity contribution in [2.45, 2.75) is 19.4 Å². The molecule has 1 nitrogen and oxygen atoms in total. The molecular weight excluding hydrogens is 224 g/mol. The lowest BCUT2D eigenvalue weighted by Gasteiger charge is -2.22. The molecule has 0 saturated carbocycles. The topological polar surface area (TPSA) is 20.2 Å². The summed E-state index contributed by atoms with van der Waals surface area (Å²) in [7, 11) is -2.50. The monoisotopic (exact) mass is 242 g/mol. The lowest BCUT2D eigenvalue weighted by Crippen LogP contribution is -2.46. The van der Waals surface area contributed by atoms with E-state index in [1.807, 2.05) is 24.3 Å². The van der Waals surface area contributed by atoms with E-state index in [-0.39, 0.29) is 0 Å². The van der Waals surface area contributed by atoms with Gasteiger partial charge in [-0.3, -0.25) is 0 Å². The zero-order valence-electron chi connectivity index (χ0n) is 10.2. The molecule has 0 aliphatic heterocycles. The molecule has 0 spiro atoms. The van der Waals surface area contributed by atoms with Crippen molar-refractivity contribution in [3.05, 3.63) is 54.7 Å². The fourth-order valence-electron chi connectivity index (χ4n) is 2.33. The third-order valence-electron chi connectivity index (χ3n) is 3.22. The van der Waals surface area contributed by atoms with Crippen molar-refractivity contribution in [1.29, 1.82) is 0 Å². The first kappa shape index (κ1) is 12.1. The fraction of sp³-hybridized carbons (Fsp3) is 0.200. The largest absolute Gasteiger partial charge is 0.424 e. The van der Waals surface area contributed by atoms with E-state index in [0.717, 1.165) is 23.0 Å². The zero-order valence-corrected chi connectivity index (χ0v) is 11.2. The van der Waals surface area contributed by atoms with Gasteiger partial charge in [0.1, 0.15) is 0 Å². The zero-order chi connectivity index (χ0) is 12.3. The Morgan fingerprint density at radius 3 is 2.59 bits per heavy atom. The molecule has 2 aromatic carbocycles. The summed E-state index contributed by atoms with van der Waals surface area (Å²) < 4.78 is 0. The molecule has 0 radical (unpaired) electrons. The number of rotatable bonds is 4. The highest BCUT2D eigenvalue weighted by Crippen LogP contribution is 2.18. The van der Waals surface area contributed by atoms with Crippen molar-refractivity contribution < 1.29 is 4.80 Å². The second kappa shape index (κ2) is 4.86. The molecule has 1 unspecified atom stereocenters. The van der Waals surface area contributed by atoms with Crippen LogP contribution in [-0.2, 0) is 0 Å². The van der Waals surface area contributed by atoms with E-state index in [4.69, 9.17) is 0 Å². The van der Waals surface area contributed by atoms with Gasteiger partial charge in [0.05, 0.1) is 0 Å². The van der Waals surface area contributed by atoms with Crippen LogP contribution in [0.15, 0.2) is 54.7 Å². The Bertz CT molecular complexity index is 530. The first-order chi connectivity index (χ1) is 8.21. The summed E-state index contributed by atoms with van der Waals surface area (Å²) in [4.78, 5) is 10.8. The molecule has 2 rings (SSSR count). The quantitative estimate of drug-likeness (QED) is 0.817. The van der Waals surface area contributed by atoms with Crippen LogP contribution in [0.1, 0.15) is 13.3 Å². The molecule has 0 bridgehead atoms. The summed E-state index contributed by atoms with van der Waals surface area (Å²) in [6, 6.07) is 15.2. The van der Waals surface area contributed by atoms with Crippen molar-refractivity contribution in [3.8, 4) is 0 Å². The Balaban J connectivity index is 2.65. The van der Waals surface area contributed by atoms with Crippen molar-refractivity contribution >= 4 is 24.3 Å². The molecule has 17 heavy (non-hydrogen) atoms. The first-order valence-corrected chi connectivity index (χ1v) is 8.28. The number of fused-ring (bicyclic) bond motifs is 1. The number of hydrogen-bond donors (Lipinski definition) is 1. The van der Waals surface area contributed by atoms with Crippen LogP contribution in [0.5, 0.6) is 0 Å². The van der Waals surface area contributed by atoms with Crippen LogP contribution >= 0.6 is 0 Å². The molecule has 2 aromatic rings. The third kappa shape index (κ3) is 2.19. The molecular formula is C15H18OSi. The normalized spacial score (nSPS) is 14.5. The highest BCUT2D eigenvalue weighted by Gasteiger charge is 2.30. The molecule has 0 aliphatic carbocycles.